The van der Waals surface area contributed by atoms with Gasteiger partial charge in [-0.25, -0.2) is 8.42 Å². The number of allylic oxidation sites excluding steroid dienone is 1. The highest BCUT2D eigenvalue weighted by atomic mass is 35.5. The average Bonchev–Trinajstić information content (AvgIpc) is 3.01. The van der Waals surface area contributed by atoms with Gasteiger partial charge in [0.15, 0.2) is 5.76 Å². The van der Waals surface area contributed by atoms with Gasteiger partial charge in [-0.2, -0.15) is 4.31 Å². The van der Waals surface area contributed by atoms with Gasteiger partial charge in [0.2, 0.25) is 16.3 Å². The van der Waals surface area contributed by atoms with Crippen molar-refractivity contribution in [3.63, 3.8) is 0 Å². The van der Waals surface area contributed by atoms with Crippen LogP contribution in [0.15, 0.2) is 95.6 Å². The van der Waals surface area contributed by atoms with Crippen LogP contribution in [0.4, 0.5) is 0 Å². The Hall–Kier alpha value is -3.41. The molecular formula is C31H35ClN2O7S. The molecule has 1 aliphatic rings. The number of amides is 1. The number of carbonyl (C=O) groups excluding carboxylic acids is 1. The molecule has 0 spiro atoms. The number of aliphatic hydroxyl groups excluding tert-OH is 1. The number of hydrogen-bond acceptors (Lipinski definition) is 7. The zero-order valence-electron chi connectivity index (χ0n) is 23.3. The molecule has 9 nitrogen and oxygen atoms in total. The second kappa shape index (κ2) is 15.2. The van der Waals surface area contributed by atoms with E-state index >= 15 is 0 Å². The molecule has 0 aromatic heterocycles. The van der Waals surface area contributed by atoms with E-state index in [4.69, 9.17) is 25.8 Å². The van der Waals surface area contributed by atoms with Crippen LogP contribution in [0.2, 0.25) is 5.02 Å². The lowest BCUT2D eigenvalue weighted by Gasteiger charge is -2.30. The number of halogens is 1. The summed E-state index contributed by atoms with van der Waals surface area (Å²) >= 11 is 6.08. The summed E-state index contributed by atoms with van der Waals surface area (Å²) in [5.74, 6) is 0.121. The van der Waals surface area contributed by atoms with Gasteiger partial charge in [-0.1, -0.05) is 54.1 Å². The Bertz CT molecular complexity index is 1430. The molecule has 2 atom stereocenters. The number of methoxy groups -OCH3 is 1. The smallest absolute Gasteiger partial charge is 0.286 e. The summed E-state index contributed by atoms with van der Waals surface area (Å²) in [5, 5.41) is 13.1. The zero-order chi connectivity index (χ0) is 30.0. The number of nitrogens with one attached hydrogen (secondary N) is 1. The van der Waals surface area contributed by atoms with Crippen molar-refractivity contribution in [2.75, 3.05) is 40.0 Å². The van der Waals surface area contributed by atoms with Gasteiger partial charge in [-0.05, 0) is 60.0 Å². The molecule has 2 N–H and O–H groups in total. The van der Waals surface area contributed by atoms with Crippen LogP contribution in [-0.4, -0.2) is 70.0 Å². The second-order valence-electron chi connectivity index (χ2n) is 9.64. The third-order valence-electron chi connectivity index (χ3n) is 6.81. The number of sulfonamides is 1. The minimum atomic E-state index is -3.90. The average molecular weight is 615 g/mol. The van der Waals surface area contributed by atoms with Crippen LogP contribution < -0.4 is 10.1 Å². The van der Waals surface area contributed by atoms with Crippen LogP contribution in [0.25, 0.3) is 0 Å². The lowest BCUT2D eigenvalue weighted by atomic mass is 9.93. The first-order valence-electron chi connectivity index (χ1n) is 13.6. The van der Waals surface area contributed by atoms with Gasteiger partial charge >= 0.3 is 0 Å². The number of benzene rings is 3. The molecule has 11 heteroatoms. The third kappa shape index (κ3) is 8.56. The topological polar surface area (TPSA) is 114 Å². The van der Waals surface area contributed by atoms with E-state index < -0.39 is 16.3 Å². The maximum absolute atomic E-state index is 13.2. The summed E-state index contributed by atoms with van der Waals surface area (Å²) in [7, 11) is -2.40. The number of carbonyl (C=O) groups is 1. The van der Waals surface area contributed by atoms with Crippen molar-refractivity contribution in [1.82, 2.24) is 9.62 Å². The first-order valence-corrected chi connectivity index (χ1v) is 15.4. The van der Waals surface area contributed by atoms with Gasteiger partial charge in [0.25, 0.3) is 5.91 Å². The molecule has 0 radical (unpaired) electrons. The SMILES string of the molecule is COc1ccc(S(=O)(=O)N(CCO)CCO[C@@H]2C[C@H](c3ccc(Cl)cc3)C=C(C(=O)NCCc3ccccc3)O2)cc1. The highest BCUT2D eigenvalue weighted by Gasteiger charge is 2.30. The largest absolute Gasteiger partial charge is 0.497 e. The molecule has 0 bridgehead atoms. The first kappa shape index (κ1) is 31.5. The van der Waals surface area contributed by atoms with E-state index in [0.717, 1.165) is 15.4 Å². The van der Waals surface area contributed by atoms with E-state index in [1.807, 2.05) is 42.5 Å². The Balaban J connectivity index is 1.42. The van der Waals surface area contributed by atoms with Crippen molar-refractivity contribution in [2.45, 2.75) is 29.9 Å². The van der Waals surface area contributed by atoms with Crippen LogP contribution in [-0.2, 0) is 30.7 Å². The van der Waals surface area contributed by atoms with Crippen molar-refractivity contribution >= 4 is 27.5 Å². The number of hydrogen-bond donors (Lipinski definition) is 2. The van der Waals surface area contributed by atoms with Crippen LogP contribution >= 0.6 is 11.6 Å². The third-order valence-corrected chi connectivity index (χ3v) is 8.98. The Morgan fingerprint density at radius 3 is 2.43 bits per heavy atom. The number of rotatable bonds is 14. The summed E-state index contributed by atoms with van der Waals surface area (Å²) in [6.07, 6.45) is 2.05. The van der Waals surface area contributed by atoms with Gasteiger partial charge in [-0.3, -0.25) is 4.79 Å². The van der Waals surface area contributed by atoms with Crippen molar-refractivity contribution < 1.29 is 32.5 Å². The van der Waals surface area contributed by atoms with Gasteiger partial charge in [0.1, 0.15) is 5.75 Å². The highest BCUT2D eigenvalue weighted by molar-refractivity contribution is 7.89. The molecule has 4 rings (SSSR count). The van der Waals surface area contributed by atoms with E-state index in [0.29, 0.717) is 30.2 Å². The molecule has 1 amide bonds. The Morgan fingerprint density at radius 1 is 1.05 bits per heavy atom. The van der Waals surface area contributed by atoms with Crippen molar-refractivity contribution in [2.24, 2.45) is 0 Å². The predicted molar refractivity (Wildman–Crippen MR) is 160 cm³/mol. The molecule has 42 heavy (non-hydrogen) atoms. The quantitative estimate of drug-likeness (QED) is 0.281. The minimum absolute atomic E-state index is 0.0176. The number of ether oxygens (including phenoxy) is 3. The van der Waals surface area contributed by atoms with Gasteiger partial charge in [-0.15, -0.1) is 0 Å². The monoisotopic (exact) mass is 614 g/mol. The summed E-state index contributed by atoms with van der Waals surface area (Å²) in [4.78, 5) is 13.1. The lowest BCUT2D eigenvalue weighted by Crippen LogP contribution is -2.38. The second-order valence-corrected chi connectivity index (χ2v) is 12.0. The zero-order valence-corrected chi connectivity index (χ0v) is 24.9. The molecular weight excluding hydrogens is 580 g/mol. The maximum Gasteiger partial charge on any atom is 0.286 e. The molecule has 1 heterocycles. The fourth-order valence-electron chi connectivity index (χ4n) is 4.56. The Morgan fingerprint density at radius 2 is 1.76 bits per heavy atom. The standard InChI is InChI=1S/C31H35ClN2O7S/c1-39-27-11-13-28(14-12-27)42(37,38)34(17-19-35)18-20-40-30-22-25(24-7-9-26(32)10-8-24)21-29(41-30)31(36)33-16-15-23-5-3-2-4-6-23/h2-14,21,25,30,35H,15-20,22H2,1H3,(H,33,36)/t25-,30+/m1/s1. The molecule has 0 saturated heterocycles. The van der Waals surface area contributed by atoms with E-state index in [1.165, 1.54) is 19.2 Å². The fourth-order valence-corrected chi connectivity index (χ4v) is 6.10. The number of aliphatic hydroxyl groups is 1. The normalized spacial score (nSPS) is 16.9. The lowest BCUT2D eigenvalue weighted by molar-refractivity contribution is -0.146. The van der Waals surface area contributed by atoms with Crippen molar-refractivity contribution in [1.29, 1.82) is 0 Å². The van der Waals surface area contributed by atoms with Crippen LogP contribution in [0, 0.1) is 0 Å². The van der Waals surface area contributed by atoms with Crippen molar-refractivity contribution in [3.05, 3.63) is 107 Å². The van der Waals surface area contributed by atoms with Gasteiger partial charge in [0.05, 0.1) is 25.2 Å². The van der Waals surface area contributed by atoms with E-state index in [9.17, 15) is 18.3 Å². The molecule has 0 aliphatic carbocycles. The van der Waals surface area contributed by atoms with E-state index in [2.05, 4.69) is 5.32 Å². The first-order chi connectivity index (χ1) is 20.3. The maximum atomic E-state index is 13.2. The molecule has 0 saturated carbocycles. The molecule has 224 valence electrons. The van der Waals surface area contributed by atoms with E-state index in [-0.39, 0.29) is 48.8 Å². The van der Waals surface area contributed by atoms with Crippen LogP contribution in [0.5, 0.6) is 5.75 Å². The van der Waals surface area contributed by atoms with E-state index in [1.54, 1.807) is 30.3 Å². The number of nitrogens with zero attached hydrogens (tertiary/aromatic N) is 1. The van der Waals surface area contributed by atoms with Crippen LogP contribution in [0.1, 0.15) is 23.5 Å². The summed E-state index contributed by atoms with van der Waals surface area (Å²) < 4.78 is 44.6. The van der Waals surface area contributed by atoms with Crippen LogP contribution in [0.3, 0.4) is 0 Å². The van der Waals surface area contributed by atoms with Gasteiger partial charge < -0.3 is 24.6 Å². The Kier molecular flexibility index (Phi) is 11.4. The molecule has 0 fully saturated rings. The summed E-state index contributed by atoms with van der Waals surface area (Å²) in [6.45, 7) is -0.0748. The highest BCUT2D eigenvalue weighted by Crippen LogP contribution is 2.32. The summed E-state index contributed by atoms with van der Waals surface area (Å²) in [6, 6.07) is 23.2. The predicted octanol–water partition coefficient (Wildman–Crippen LogP) is 4.12. The molecule has 3 aromatic rings. The van der Waals surface area contributed by atoms with Crippen molar-refractivity contribution in [3.8, 4) is 5.75 Å². The van der Waals surface area contributed by atoms with Gasteiger partial charge in [0, 0.05) is 37.0 Å². The molecule has 3 aromatic carbocycles. The molecule has 1 aliphatic heterocycles. The molecule has 0 unspecified atom stereocenters. The summed E-state index contributed by atoms with van der Waals surface area (Å²) in [5.41, 5.74) is 2.04. The fraction of sp³-hybridized carbons (Fsp3) is 0.323. The minimum Gasteiger partial charge on any atom is -0.497 e. The Labute approximate surface area is 251 Å².